The van der Waals surface area contributed by atoms with Gasteiger partial charge in [0.1, 0.15) is 12.4 Å². The highest BCUT2D eigenvalue weighted by molar-refractivity contribution is 6.91. The van der Waals surface area contributed by atoms with Crippen molar-refractivity contribution in [1.82, 2.24) is 9.55 Å². The smallest absolute Gasteiger partial charge is 0.343 e. The molecule has 0 amide bonds. The Hall–Kier alpha value is -2.97. The lowest BCUT2D eigenvalue weighted by Gasteiger charge is -2.31. The molecule has 3 aromatic rings. The van der Waals surface area contributed by atoms with E-state index in [0.717, 1.165) is 23.5 Å². The standard InChI is InChI=1S/C25H28N2O5Si/c1-5-9-33(3,4)20-8-7-19(28)15-10-14-12-27-18(21(14)26-22(15)20)11-17-16(23(27)29)13-32-24(30)25(17,31)6-2/h7-8,10-11,28,31H,5-6,9,12-13H2,1-4H3. The quantitative estimate of drug-likeness (QED) is 0.355. The van der Waals surface area contributed by atoms with Crippen LogP contribution in [0.2, 0.25) is 19.1 Å². The Balaban J connectivity index is 1.79. The van der Waals surface area contributed by atoms with Crippen molar-refractivity contribution < 1.29 is 19.7 Å². The fraction of sp³-hybridized carbons (Fsp3) is 0.400. The highest BCUT2D eigenvalue weighted by Crippen LogP contribution is 2.39. The number of esters is 1. The van der Waals surface area contributed by atoms with Crippen molar-refractivity contribution in [2.45, 2.75) is 64.6 Å². The number of aliphatic hydroxyl groups is 1. The number of phenols is 1. The first kappa shape index (κ1) is 21.9. The first-order valence-corrected chi connectivity index (χ1v) is 14.7. The molecule has 0 bridgehead atoms. The molecule has 0 aliphatic carbocycles. The molecule has 2 N–H and O–H groups in total. The first-order chi connectivity index (χ1) is 15.6. The molecule has 5 rings (SSSR count). The van der Waals surface area contributed by atoms with Crippen LogP contribution in [0.25, 0.3) is 22.3 Å². The maximum Gasteiger partial charge on any atom is 0.343 e. The van der Waals surface area contributed by atoms with Gasteiger partial charge in [0.2, 0.25) is 0 Å². The zero-order chi connectivity index (χ0) is 23.7. The number of benzene rings is 1. The van der Waals surface area contributed by atoms with Crippen LogP contribution in [0.3, 0.4) is 0 Å². The van der Waals surface area contributed by atoms with E-state index in [1.807, 2.05) is 12.1 Å². The summed E-state index contributed by atoms with van der Waals surface area (Å²) in [6, 6.07) is 8.47. The third-order valence-corrected chi connectivity index (χ3v) is 10.9. The fourth-order valence-corrected chi connectivity index (χ4v) is 8.24. The molecule has 8 heteroatoms. The van der Waals surface area contributed by atoms with Gasteiger partial charge in [0.25, 0.3) is 5.56 Å². The summed E-state index contributed by atoms with van der Waals surface area (Å²) >= 11 is 0. The van der Waals surface area contributed by atoms with Gasteiger partial charge in [0.15, 0.2) is 5.60 Å². The number of aromatic hydroxyl groups is 1. The Labute approximate surface area is 192 Å². The third kappa shape index (κ3) is 3.00. The molecule has 172 valence electrons. The minimum atomic E-state index is -1.85. The number of nitrogens with zero attached hydrogens (tertiary/aromatic N) is 2. The summed E-state index contributed by atoms with van der Waals surface area (Å²) in [7, 11) is -1.81. The summed E-state index contributed by atoms with van der Waals surface area (Å²) in [5.41, 5.74) is 1.33. The molecule has 4 heterocycles. The number of cyclic esters (lactones) is 1. The number of aromatic nitrogens is 2. The van der Waals surface area contributed by atoms with Crippen LogP contribution in [0.15, 0.2) is 29.1 Å². The number of phenolic OH excluding ortho intramolecular Hbond substituents is 1. The predicted molar refractivity (Wildman–Crippen MR) is 128 cm³/mol. The molecule has 2 aliphatic heterocycles. The second-order valence-corrected chi connectivity index (χ2v) is 14.6. The van der Waals surface area contributed by atoms with Crippen molar-refractivity contribution in [3.05, 3.63) is 51.3 Å². The van der Waals surface area contributed by atoms with Gasteiger partial charge < -0.3 is 19.5 Å². The van der Waals surface area contributed by atoms with Gasteiger partial charge in [-0.15, -0.1) is 0 Å². The van der Waals surface area contributed by atoms with E-state index >= 15 is 0 Å². The van der Waals surface area contributed by atoms with Gasteiger partial charge in [-0.05, 0) is 29.8 Å². The summed E-state index contributed by atoms with van der Waals surface area (Å²) in [5.74, 6) is -0.557. The maximum atomic E-state index is 13.3. The molecule has 7 nitrogen and oxygen atoms in total. The number of carbonyl (C=O) groups is 1. The number of ether oxygens (including phenoxy) is 1. The van der Waals surface area contributed by atoms with Crippen molar-refractivity contribution in [2.24, 2.45) is 0 Å². The summed E-state index contributed by atoms with van der Waals surface area (Å²) in [5, 5.41) is 23.5. The predicted octanol–water partition coefficient (Wildman–Crippen LogP) is 3.11. The molecular weight excluding hydrogens is 436 g/mol. The van der Waals surface area contributed by atoms with E-state index in [4.69, 9.17) is 9.72 Å². The Morgan fingerprint density at radius 1 is 1.21 bits per heavy atom. The highest BCUT2D eigenvalue weighted by Gasteiger charge is 2.45. The van der Waals surface area contributed by atoms with Crippen LogP contribution in [-0.2, 0) is 28.3 Å². The Bertz CT molecular complexity index is 1390. The van der Waals surface area contributed by atoms with Crippen LogP contribution in [0.1, 0.15) is 43.4 Å². The SMILES string of the molecule is CCC[Si](C)(C)c1ccc(O)c2cc3c(nc12)-c1cc2c(c(=O)n1C3)COC(=O)C2(O)CC. The maximum absolute atomic E-state index is 13.3. The minimum Gasteiger partial charge on any atom is -0.507 e. The summed E-state index contributed by atoms with van der Waals surface area (Å²) < 4.78 is 6.76. The van der Waals surface area contributed by atoms with Gasteiger partial charge in [0.05, 0.1) is 37.1 Å². The van der Waals surface area contributed by atoms with Crippen LogP contribution < -0.4 is 10.7 Å². The average molecular weight is 465 g/mol. The van der Waals surface area contributed by atoms with Gasteiger partial charge in [-0.25, -0.2) is 9.78 Å². The second kappa shape index (κ2) is 7.26. The Morgan fingerprint density at radius 2 is 1.97 bits per heavy atom. The Morgan fingerprint density at radius 3 is 2.67 bits per heavy atom. The average Bonchev–Trinajstić information content (AvgIpc) is 3.14. The van der Waals surface area contributed by atoms with E-state index in [1.165, 1.54) is 5.19 Å². The monoisotopic (exact) mass is 464 g/mol. The van der Waals surface area contributed by atoms with Crippen LogP contribution in [0.4, 0.5) is 0 Å². The molecular formula is C25H28N2O5Si. The molecule has 2 aliphatic rings. The lowest BCUT2D eigenvalue weighted by molar-refractivity contribution is -0.172. The number of rotatable bonds is 4. The molecule has 0 radical (unpaired) electrons. The molecule has 1 atom stereocenters. The Kier molecular flexibility index (Phi) is 4.81. The van der Waals surface area contributed by atoms with Gasteiger partial charge in [-0.3, -0.25) is 4.79 Å². The summed E-state index contributed by atoms with van der Waals surface area (Å²) in [6.45, 7) is 8.64. The zero-order valence-electron chi connectivity index (χ0n) is 19.4. The third-order valence-electron chi connectivity index (χ3n) is 7.26. The van der Waals surface area contributed by atoms with E-state index < -0.39 is 19.6 Å². The molecule has 33 heavy (non-hydrogen) atoms. The van der Waals surface area contributed by atoms with Crippen molar-refractivity contribution in [2.75, 3.05) is 0 Å². The molecule has 2 aromatic heterocycles. The van der Waals surface area contributed by atoms with E-state index in [1.54, 1.807) is 23.6 Å². The second-order valence-electron chi connectivity index (χ2n) is 9.76. The molecule has 0 spiro atoms. The number of pyridine rings is 2. The van der Waals surface area contributed by atoms with Crippen molar-refractivity contribution >= 4 is 30.1 Å². The summed E-state index contributed by atoms with van der Waals surface area (Å²) in [6.07, 6.45) is 1.18. The van der Waals surface area contributed by atoms with E-state index in [0.29, 0.717) is 34.4 Å². The number of hydrogen-bond acceptors (Lipinski definition) is 6. The molecule has 0 saturated heterocycles. The van der Waals surface area contributed by atoms with E-state index in [2.05, 4.69) is 20.0 Å². The van der Waals surface area contributed by atoms with Crippen LogP contribution in [-0.4, -0.2) is 33.8 Å². The number of carbonyl (C=O) groups excluding carboxylic acids is 1. The van der Waals surface area contributed by atoms with Crippen LogP contribution in [0, 0.1) is 0 Å². The topological polar surface area (TPSA) is 102 Å². The summed E-state index contributed by atoms with van der Waals surface area (Å²) in [4.78, 5) is 30.7. The first-order valence-electron chi connectivity index (χ1n) is 11.5. The van der Waals surface area contributed by atoms with Gasteiger partial charge in [-0.1, -0.05) is 45.5 Å². The van der Waals surface area contributed by atoms with Gasteiger partial charge in [-0.2, -0.15) is 0 Å². The molecule has 1 aromatic carbocycles. The molecule has 0 fully saturated rings. The lowest BCUT2D eigenvalue weighted by atomic mass is 9.86. The van der Waals surface area contributed by atoms with Crippen LogP contribution in [0.5, 0.6) is 5.75 Å². The van der Waals surface area contributed by atoms with Crippen LogP contribution >= 0.6 is 0 Å². The molecule has 0 saturated carbocycles. The molecule has 1 unspecified atom stereocenters. The lowest BCUT2D eigenvalue weighted by Crippen LogP contribution is -2.44. The fourth-order valence-electron chi connectivity index (χ4n) is 5.36. The normalized spacial score (nSPS) is 19.2. The highest BCUT2D eigenvalue weighted by atomic mass is 28.3. The van der Waals surface area contributed by atoms with E-state index in [9.17, 15) is 19.8 Å². The van der Waals surface area contributed by atoms with Crippen molar-refractivity contribution in [1.29, 1.82) is 0 Å². The number of hydrogen-bond donors (Lipinski definition) is 2. The number of fused-ring (bicyclic) bond motifs is 5. The zero-order valence-corrected chi connectivity index (χ0v) is 20.4. The van der Waals surface area contributed by atoms with E-state index in [-0.39, 0.29) is 24.3 Å². The van der Waals surface area contributed by atoms with Gasteiger partial charge >= 0.3 is 5.97 Å². The minimum absolute atomic E-state index is 0.106. The van der Waals surface area contributed by atoms with Crippen molar-refractivity contribution in [3.8, 4) is 17.1 Å². The van der Waals surface area contributed by atoms with Gasteiger partial charge in [0, 0.05) is 16.5 Å². The largest absolute Gasteiger partial charge is 0.507 e. The van der Waals surface area contributed by atoms with Crippen molar-refractivity contribution in [3.63, 3.8) is 0 Å².